The first-order valence-electron chi connectivity index (χ1n) is 12.5. The number of aromatic nitrogens is 2. The number of aryl methyl sites for hydroxylation is 1. The Balaban J connectivity index is 1.37. The lowest BCUT2D eigenvalue weighted by Crippen LogP contribution is -2.33. The molecule has 1 fully saturated rings. The second-order valence-electron chi connectivity index (χ2n) is 9.10. The van der Waals surface area contributed by atoms with Crippen LogP contribution in [0.15, 0.2) is 48.0 Å². The maximum absolute atomic E-state index is 13.3. The fourth-order valence-electron chi connectivity index (χ4n) is 4.51. The summed E-state index contributed by atoms with van der Waals surface area (Å²) in [7, 11) is 0. The van der Waals surface area contributed by atoms with E-state index in [1.165, 1.54) is 24.2 Å². The maximum atomic E-state index is 13.3. The van der Waals surface area contributed by atoms with Gasteiger partial charge in [-0.3, -0.25) is 9.59 Å². The van der Waals surface area contributed by atoms with Crippen LogP contribution in [0.4, 0.5) is 0 Å². The molecule has 0 radical (unpaired) electrons. The van der Waals surface area contributed by atoms with Gasteiger partial charge in [-0.15, -0.1) is 11.3 Å². The van der Waals surface area contributed by atoms with E-state index in [1.807, 2.05) is 59.8 Å². The first kappa shape index (κ1) is 25.1. The smallest absolute Gasteiger partial charge is 0.270 e. The SMILES string of the molecule is CCCN(Cc1cccn1Cc1nc(C(=O)NCCN2CCCC2)cs1)C(=O)c1ccccc1C. The van der Waals surface area contributed by atoms with E-state index in [-0.39, 0.29) is 11.8 Å². The summed E-state index contributed by atoms with van der Waals surface area (Å²) in [6, 6.07) is 11.8. The van der Waals surface area contributed by atoms with Crippen molar-refractivity contribution in [2.45, 2.75) is 46.2 Å². The van der Waals surface area contributed by atoms with Crippen LogP contribution in [0.2, 0.25) is 0 Å². The molecule has 0 aliphatic carbocycles. The highest BCUT2D eigenvalue weighted by molar-refractivity contribution is 7.09. The molecule has 1 saturated heterocycles. The maximum Gasteiger partial charge on any atom is 0.270 e. The van der Waals surface area contributed by atoms with Crippen molar-refractivity contribution in [1.29, 1.82) is 0 Å². The van der Waals surface area contributed by atoms with E-state index in [1.54, 1.807) is 0 Å². The molecule has 1 aromatic carbocycles. The lowest BCUT2D eigenvalue weighted by molar-refractivity contribution is 0.0738. The number of hydrogen-bond acceptors (Lipinski definition) is 5. The molecule has 0 unspecified atom stereocenters. The molecular weight excluding hydrogens is 458 g/mol. The molecule has 0 saturated carbocycles. The minimum atomic E-state index is -0.114. The van der Waals surface area contributed by atoms with Gasteiger partial charge >= 0.3 is 0 Å². The summed E-state index contributed by atoms with van der Waals surface area (Å²) in [6.07, 6.45) is 5.40. The van der Waals surface area contributed by atoms with E-state index < -0.39 is 0 Å². The van der Waals surface area contributed by atoms with Gasteiger partial charge in [0.05, 0.1) is 13.1 Å². The van der Waals surface area contributed by atoms with Crippen LogP contribution in [0, 0.1) is 6.92 Å². The molecule has 3 heterocycles. The predicted octanol–water partition coefficient (Wildman–Crippen LogP) is 4.18. The van der Waals surface area contributed by atoms with Crippen LogP contribution < -0.4 is 5.32 Å². The molecule has 0 atom stereocenters. The van der Waals surface area contributed by atoms with Crippen LogP contribution in [-0.2, 0) is 13.1 Å². The van der Waals surface area contributed by atoms with E-state index in [0.29, 0.717) is 31.9 Å². The van der Waals surface area contributed by atoms with Crippen molar-refractivity contribution in [3.63, 3.8) is 0 Å². The molecule has 35 heavy (non-hydrogen) atoms. The highest BCUT2D eigenvalue weighted by atomic mass is 32.1. The number of nitrogens with one attached hydrogen (secondary N) is 1. The number of benzene rings is 1. The molecule has 2 amide bonds. The summed E-state index contributed by atoms with van der Waals surface area (Å²) in [5.41, 5.74) is 3.26. The second kappa shape index (κ2) is 12.1. The minimum Gasteiger partial charge on any atom is -0.349 e. The molecule has 1 aliphatic rings. The third kappa shape index (κ3) is 6.58. The van der Waals surface area contributed by atoms with Gasteiger partial charge in [0.1, 0.15) is 10.7 Å². The van der Waals surface area contributed by atoms with E-state index in [0.717, 1.165) is 47.9 Å². The molecule has 8 heteroatoms. The van der Waals surface area contributed by atoms with Crippen LogP contribution in [-0.4, -0.2) is 63.9 Å². The molecule has 2 aromatic heterocycles. The number of rotatable bonds is 11. The van der Waals surface area contributed by atoms with Gasteiger partial charge in [0.25, 0.3) is 11.8 Å². The van der Waals surface area contributed by atoms with Crippen molar-refractivity contribution in [1.82, 2.24) is 24.7 Å². The Bertz CT molecular complexity index is 1130. The molecule has 0 bridgehead atoms. The minimum absolute atomic E-state index is 0.0554. The van der Waals surface area contributed by atoms with E-state index in [4.69, 9.17) is 0 Å². The number of carbonyl (C=O) groups excluding carboxylic acids is 2. The Morgan fingerprint density at radius 1 is 1.14 bits per heavy atom. The Labute approximate surface area is 211 Å². The number of thiazole rings is 1. The summed E-state index contributed by atoms with van der Waals surface area (Å²) >= 11 is 1.49. The first-order chi connectivity index (χ1) is 17.0. The van der Waals surface area contributed by atoms with E-state index in [2.05, 4.69) is 26.7 Å². The molecule has 186 valence electrons. The summed E-state index contributed by atoms with van der Waals surface area (Å²) < 4.78 is 2.11. The van der Waals surface area contributed by atoms with Gasteiger partial charge in [-0.25, -0.2) is 4.98 Å². The Morgan fingerprint density at radius 2 is 1.94 bits per heavy atom. The number of hydrogen-bond donors (Lipinski definition) is 1. The first-order valence-corrected chi connectivity index (χ1v) is 13.4. The molecule has 7 nitrogen and oxygen atoms in total. The zero-order valence-corrected chi connectivity index (χ0v) is 21.5. The quantitative estimate of drug-likeness (QED) is 0.435. The van der Waals surface area contributed by atoms with Crippen LogP contribution in [0.5, 0.6) is 0 Å². The summed E-state index contributed by atoms with van der Waals surface area (Å²) in [4.78, 5) is 34.6. The standard InChI is InChI=1S/C27H35N5O2S/c1-3-13-32(27(34)23-11-5-4-9-21(23)2)18-22-10-8-16-31(22)19-25-29-24(20-35-25)26(33)28-12-17-30-14-6-7-15-30/h4-5,8-11,16,20H,3,6-7,12-15,17-19H2,1-2H3,(H,28,33). The predicted molar refractivity (Wildman–Crippen MR) is 140 cm³/mol. The Morgan fingerprint density at radius 3 is 2.71 bits per heavy atom. The summed E-state index contributed by atoms with van der Waals surface area (Å²) in [5.74, 6) is -0.0581. The molecule has 1 N–H and O–H groups in total. The lowest BCUT2D eigenvalue weighted by atomic mass is 10.1. The molecule has 4 rings (SSSR count). The number of carbonyl (C=O) groups is 2. The van der Waals surface area contributed by atoms with Gasteiger partial charge in [-0.05, 0) is 63.0 Å². The van der Waals surface area contributed by atoms with Gasteiger partial charge in [-0.1, -0.05) is 25.1 Å². The lowest BCUT2D eigenvalue weighted by Gasteiger charge is -2.24. The van der Waals surface area contributed by atoms with Crippen molar-refractivity contribution < 1.29 is 9.59 Å². The highest BCUT2D eigenvalue weighted by Gasteiger charge is 2.19. The van der Waals surface area contributed by atoms with Crippen molar-refractivity contribution in [2.24, 2.45) is 0 Å². The van der Waals surface area contributed by atoms with Gasteiger partial charge in [0, 0.05) is 42.5 Å². The van der Waals surface area contributed by atoms with Crippen LogP contribution in [0.1, 0.15) is 63.3 Å². The van der Waals surface area contributed by atoms with Crippen LogP contribution in [0.3, 0.4) is 0 Å². The Hall–Kier alpha value is -2.97. The highest BCUT2D eigenvalue weighted by Crippen LogP contribution is 2.17. The molecule has 1 aliphatic heterocycles. The normalized spacial score (nSPS) is 13.8. The Kier molecular flexibility index (Phi) is 8.71. The van der Waals surface area contributed by atoms with Gasteiger partial charge in [0.15, 0.2) is 0 Å². The molecular formula is C27H35N5O2S. The zero-order chi connectivity index (χ0) is 24.6. The van der Waals surface area contributed by atoms with E-state index in [9.17, 15) is 9.59 Å². The van der Waals surface area contributed by atoms with Crippen LogP contribution >= 0.6 is 11.3 Å². The largest absolute Gasteiger partial charge is 0.349 e. The van der Waals surface area contributed by atoms with Crippen molar-refractivity contribution in [2.75, 3.05) is 32.7 Å². The molecule has 0 spiro atoms. The third-order valence-corrected chi connectivity index (χ3v) is 7.27. The number of nitrogens with zero attached hydrogens (tertiary/aromatic N) is 4. The zero-order valence-electron chi connectivity index (χ0n) is 20.7. The van der Waals surface area contributed by atoms with E-state index >= 15 is 0 Å². The average Bonchev–Trinajstić information content (AvgIpc) is 3.62. The third-order valence-electron chi connectivity index (χ3n) is 6.43. The monoisotopic (exact) mass is 493 g/mol. The van der Waals surface area contributed by atoms with Gasteiger partial charge in [-0.2, -0.15) is 0 Å². The fraction of sp³-hybridized carbons (Fsp3) is 0.444. The summed E-state index contributed by atoms with van der Waals surface area (Å²) in [6.45, 7) is 9.66. The molecule has 3 aromatic rings. The topological polar surface area (TPSA) is 70.5 Å². The summed E-state index contributed by atoms with van der Waals surface area (Å²) in [5, 5.41) is 5.70. The fourth-order valence-corrected chi connectivity index (χ4v) is 5.28. The average molecular weight is 494 g/mol. The van der Waals surface area contributed by atoms with Crippen molar-refractivity contribution >= 4 is 23.2 Å². The van der Waals surface area contributed by atoms with Crippen molar-refractivity contribution in [3.05, 3.63) is 75.5 Å². The van der Waals surface area contributed by atoms with Gasteiger partial charge < -0.3 is 19.7 Å². The second-order valence-corrected chi connectivity index (χ2v) is 10.0. The van der Waals surface area contributed by atoms with Gasteiger partial charge in [0.2, 0.25) is 0 Å². The number of likely N-dealkylation sites (tertiary alicyclic amines) is 1. The van der Waals surface area contributed by atoms with Crippen LogP contribution in [0.25, 0.3) is 0 Å². The number of amides is 2. The van der Waals surface area contributed by atoms with Crippen molar-refractivity contribution in [3.8, 4) is 0 Å².